The zero-order valence-corrected chi connectivity index (χ0v) is 14.3. The minimum absolute atomic E-state index is 0.0354. The van der Waals surface area contributed by atoms with E-state index in [0.29, 0.717) is 21.6 Å². The van der Waals surface area contributed by atoms with Crippen molar-refractivity contribution in [2.45, 2.75) is 32.2 Å². The number of hydrogen-bond donors (Lipinski definition) is 1. The molecular weight excluding hydrogens is 376 g/mol. The molecule has 0 bridgehead atoms. The van der Waals surface area contributed by atoms with Crippen LogP contribution in [0.25, 0.3) is 0 Å². The molecule has 1 rings (SSSR count). The van der Waals surface area contributed by atoms with Crippen molar-refractivity contribution < 1.29 is 19.4 Å². The molecule has 1 atom stereocenters. The molecular formula is C14H16BrClN2O4. The van der Waals surface area contributed by atoms with E-state index in [9.17, 15) is 9.59 Å². The molecule has 0 aromatic heterocycles. The molecule has 22 heavy (non-hydrogen) atoms. The van der Waals surface area contributed by atoms with Crippen LogP contribution in [0.4, 0.5) is 5.69 Å². The van der Waals surface area contributed by atoms with Crippen LogP contribution >= 0.6 is 27.5 Å². The van der Waals surface area contributed by atoms with Crippen LogP contribution in [0.1, 0.15) is 26.2 Å². The second kappa shape index (κ2) is 9.53. The molecule has 1 aromatic carbocycles. The predicted molar refractivity (Wildman–Crippen MR) is 85.6 cm³/mol. The van der Waals surface area contributed by atoms with E-state index in [1.165, 1.54) is 0 Å². The maximum atomic E-state index is 11.8. The Balaban J connectivity index is 2.82. The Morgan fingerprint density at radius 2 is 2.18 bits per heavy atom. The fraction of sp³-hybridized carbons (Fsp3) is 0.429. The van der Waals surface area contributed by atoms with Crippen molar-refractivity contribution >= 4 is 45.2 Å². The number of carboxylic acids is 1. The molecule has 1 unspecified atom stereocenters. The number of nitrogens with zero attached hydrogens (tertiary/aromatic N) is 2. The molecule has 0 radical (unpaired) electrons. The Morgan fingerprint density at radius 1 is 1.45 bits per heavy atom. The summed E-state index contributed by atoms with van der Waals surface area (Å²) in [5.41, 5.74) is 0.486. The Kier molecular flexibility index (Phi) is 8.05. The van der Waals surface area contributed by atoms with Crippen LogP contribution in [-0.2, 0) is 14.3 Å². The average molecular weight is 392 g/mol. The Hall–Kier alpha value is -1.47. The quantitative estimate of drug-likeness (QED) is 0.526. The average Bonchev–Trinajstić information content (AvgIpc) is 2.46. The Morgan fingerprint density at radius 3 is 2.82 bits per heavy atom. The molecule has 0 heterocycles. The number of hydrogen-bond acceptors (Lipinski definition) is 5. The zero-order chi connectivity index (χ0) is 16.5. The van der Waals surface area contributed by atoms with Crippen molar-refractivity contribution in [1.82, 2.24) is 0 Å². The third-order valence-electron chi connectivity index (χ3n) is 2.66. The van der Waals surface area contributed by atoms with Crippen molar-refractivity contribution in [3.63, 3.8) is 0 Å². The first-order valence-electron chi connectivity index (χ1n) is 6.69. The van der Waals surface area contributed by atoms with Crippen LogP contribution in [0.15, 0.2) is 32.9 Å². The molecule has 0 saturated heterocycles. The van der Waals surface area contributed by atoms with Gasteiger partial charge in [-0.25, -0.2) is 4.79 Å². The van der Waals surface area contributed by atoms with Gasteiger partial charge < -0.3 is 9.84 Å². The highest BCUT2D eigenvalue weighted by molar-refractivity contribution is 9.10. The third-order valence-corrected chi connectivity index (χ3v) is 4.04. The number of benzene rings is 1. The smallest absolute Gasteiger partial charge is 0.332 e. The number of ether oxygens (including phenoxy) is 1. The van der Waals surface area contributed by atoms with E-state index in [1.54, 1.807) is 25.1 Å². The highest BCUT2D eigenvalue weighted by Crippen LogP contribution is 2.32. The summed E-state index contributed by atoms with van der Waals surface area (Å²) >= 11 is 9.24. The predicted octanol–water partition coefficient (Wildman–Crippen LogP) is 4.37. The summed E-state index contributed by atoms with van der Waals surface area (Å²) in [7, 11) is 0. The number of esters is 1. The number of carbonyl (C=O) groups excluding carboxylic acids is 1. The number of rotatable bonds is 8. The highest BCUT2D eigenvalue weighted by Gasteiger charge is 2.19. The van der Waals surface area contributed by atoms with Crippen molar-refractivity contribution in [3.05, 3.63) is 27.7 Å². The lowest BCUT2D eigenvalue weighted by molar-refractivity contribution is -0.145. The van der Waals surface area contributed by atoms with Crippen molar-refractivity contribution in [1.29, 1.82) is 0 Å². The van der Waals surface area contributed by atoms with Gasteiger partial charge in [0.25, 0.3) is 0 Å². The second-order valence-corrected chi connectivity index (χ2v) is 5.54. The van der Waals surface area contributed by atoms with E-state index in [2.05, 4.69) is 26.2 Å². The van der Waals surface area contributed by atoms with Crippen LogP contribution < -0.4 is 0 Å². The highest BCUT2D eigenvalue weighted by atomic mass is 79.9. The summed E-state index contributed by atoms with van der Waals surface area (Å²) in [5, 5.41) is 17.1. The van der Waals surface area contributed by atoms with E-state index >= 15 is 0 Å². The summed E-state index contributed by atoms with van der Waals surface area (Å²) < 4.78 is 5.50. The minimum Gasteiger partial charge on any atom is -0.481 e. The van der Waals surface area contributed by atoms with Gasteiger partial charge in [0.2, 0.25) is 0 Å². The molecule has 0 spiro atoms. The maximum Gasteiger partial charge on any atom is 0.332 e. The molecule has 0 saturated carbocycles. The summed E-state index contributed by atoms with van der Waals surface area (Å²) in [5.74, 6) is -1.44. The van der Waals surface area contributed by atoms with Gasteiger partial charge in [-0.05, 0) is 47.8 Å². The molecule has 0 aliphatic rings. The SMILES string of the molecule is CCOC(=O)C(CCCC(=O)O)/N=N/c1cccc(Cl)c1Br. The van der Waals surface area contributed by atoms with Crippen molar-refractivity contribution in [3.8, 4) is 0 Å². The monoisotopic (exact) mass is 390 g/mol. The molecule has 8 heteroatoms. The van der Waals surface area contributed by atoms with Gasteiger partial charge in [-0.1, -0.05) is 17.7 Å². The lowest BCUT2D eigenvalue weighted by atomic mass is 10.1. The van der Waals surface area contributed by atoms with E-state index < -0.39 is 18.0 Å². The Labute approximate surface area is 141 Å². The topological polar surface area (TPSA) is 88.3 Å². The number of azo groups is 1. The Bertz CT molecular complexity index is 566. The fourth-order valence-corrected chi connectivity index (χ4v) is 2.12. The number of aliphatic carboxylic acids is 1. The van der Waals surface area contributed by atoms with Crippen LogP contribution in [-0.4, -0.2) is 29.7 Å². The van der Waals surface area contributed by atoms with Gasteiger partial charge in [-0.2, -0.15) is 10.2 Å². The number of carbonyl (C=O) groups is 2. The molecule has 0 aliphatic carbocycles. The zero-order valence-electron chi connectivity index (χ0n) is 12.0. The molecule has 1 N–H and O–H groups in total. The summed E-state index contributed by atoms with van der Waals surface area (Å²) in [6, 6.07) is 4.27. The molecule has 0 amide bonds. The largest absolute Gasteiger partial charge is 0.481 e. The molecule has 1 aromatic rings. The van der Waals surface area contributed by atoms with Crippen LogP contribution in [0, 0.1) is 0 Å². The lowest BCUT2D eigenvalue weighted by Crippen LogP contribution is -2.21. The van der Waals surface area contributed by atoms with Gasteiger partial charge >= 0.3 is 11.9 Å². The van der Waals surface area contributed by atoms with Crippen LogP contribution in [0.2, 0.25) is 5.02 Å². The summed E-state index contributed by atoms with van der Waals surface area (Å²) in [6.45, 7) is 1.92. The van der Waals surface area contributed by atoms with Gasteiger partial charge in [-0.3, -0.25) is 4.79 Å². The van der Waals surface area contributed by atoms with Crippen molar-refractivity contribution in [2.75, 3.05) is 6.61 Å². The van der Waals surface area contributed by atoms with Crippen molar-refractivity contribution in [2.24, 2.45) is 10.2 Å². The third kappa shape index (κ3) is 6.11. The van der Waals surface area contributed by atoms with Gasteiger partial charge in [-0.15, -0.1) is 0 Å². The van der Waals surface area contributed by atoms with Gasteiger partial charge in [0.1, 0.15) is 5.69 Å². The summed E-state index contributed by atoms with van der Waals surface area (Å²) in [6.07, 6.45) is 0.535. The van der Waals surface area contributed by atoms with Gasteiger partial charge in [0, 0.05) is 6.42 Å². The second-order valence-electron chi connectivity index (χ2n) is 4.34. The number of halogens is 2. The molecule has 0 fully saturated rings. The van der Waals surface area contributed by atoms with E-state index in [-0.39, 0.29) is 19.4 Å². The minimum atomic E-state index is -0.919. The normalized spacial score (nSPS) is 12.3. The molecule has 120 valence electrons. The van der Waals surface area contributed by atoms with Crippen LogP contribution in [0.3, 0.4) is 0 Å². The number of carboxylic acid groups (broad SMARTS) is 1. The maximum absolute atomic E-state index is 11.8. The first kappa shape index (κ1) is 18.6. The lowest BCUT2D eigenvalue weighted by Gasteiger charge is -2.09. The first-order chi connectivity index (χ1) is 10.5. The van der Waals surface area contributed by atoms with E-state index in [1.807, 2.05) is 0 Å². The van der Waals surface area contributed by atoms with E-state index in [4.69, 9.17) is 21.4 Å². The van der Waals surface area contributed by atoms with Crippen LogP contribution in [0.5, 0.6) is 0 Å². The molecule has 0 aliphatic heterocycles. The van der Waals surface area contributed by atoms with E-state index in [0.717, 1.165) is 0 Å². The van der Waals surface area contributed by atoms with Gasteiger partial charge in [0.15, 0.2) is 6.04 Å². The standard InChI is InChI=1S/C14H16BrClN2O4/c1-2-22-14(21)11(7-4-8-12(19)20)18-17-10-6-3-5-9(16)13(10)15/h3,5-6,11H,2,4,7-8H2,1H3,(H,19,20)/b18-17+. The van der Waals surface area contributed by atoms with Gasteiger partial charge in [0.05, 0.1) is 16.1 Å². The first-order valence-corrected chi connectivity index (χ1v) is 7.86. The fourth-order valence-electron chi connectivity index (χ4n) is 1.61. The summed E-state index contributed by atoms with van der Waals surface area (Å²) in [4.78, 5) is 22.4. The molecule has 6 nitrogen and oxygen atoms in total.